The predicted octanol–water partition coefficient (Wildman–Crippen LogP) is 2.72. The van der Waals surface area contributed by atoms with Crippen molar-refractivity contribution in [1.82, 2.24) is 4.90 Å². The highest BCUT2D eigenvalue weighted by atomic mass is 16.3. The largest absolute Gasteiger partial charge is 0.391 e. The molecule has 1 aliphatic rings. The maximum absolute atomic E-state index is 10.3. The number of aliphatic hydroxyl groups excluding tert-OH is 1. The topological polar surface area (TPSA) is 26.7 Å². The van der Waals surface area contributed by atoms with E-state index in [1.165, 1.54) is 16.8 Å². The number of piperazine rings is 1. The van der Waals surface area contributed by atoms with Crippen LogP contribution in [0.25, 0.3) is 0 Å². The molecule has 3 rings (SSSR count). The van der Waals surface area contributed by atoms with Gasteiger partial charge in [-0.15, -0.1) is 0 Å². The fraction of sp³-hybridized carbons (Fsp3) is 0.400. The Balaban J connectivity index is 1.48. The molecule has 23 heavy (non-hydrogen) atoms. The maximum atomic E-state index is 10.3. The van der Waals surface area contributed by atoms with E-state index in [1.807, 2.05) is 18.2 Å². The molecular formula is C20H26N2O. The molecule has 3 heteroatoms. The molecule has 1 fully saturated rings. The molecule has 0 saturated carbocycles. The van der Waals surface area contributed by atoms with Crippen molar-refractivity contribution in [1.29, 1.82) is 0 Å². The minimum Gasteiger partial charge on any atom is -0.391 e. The first-order valence-electron chi connectivity index (χ1n) is 8.47. The van der Waals surface area contributed by atoms with E-state index in [9.17, 15) is 5.11 Å². The van der Waals surface area contributed by atoms with Crippen molar-refractivity contribution >= 4 is 5.69 Å². The number of rotatable bonds is 5. The van der Waals surface area contributed by atoms with E-state index in [-0.39, 0.29) is 6.10 Å². The monoisotopic (exact) mass is 310 g/mol. The third kappa shape index (κ3) is 4.34. The molecule has 122 valence electrons. The van der Waals surface area contributed by atoms with E-state index in [1.54, 1.807) is 0 Å². The summed E-state index contributed by atoms with van der Waals surface area (Å²) in [5.41, 5.74) is 3.89. The Bertz CT molecular complexity index is 606. The summed E-state index contributed by atoms with van der Waals surface area (Å²) >= 11 is 0. The van der Waals surface area contributed by atoms with Crippen LogP contribution in [0.3, 0.4) is 0 Å². The summed E-state index contributed by atoms with van der Waals surface area (Å²) in [5.74, 6) is 0. The van der Waals surface area contributed by atoms with Crippen LogP contribution in [0.15, 0.2) is 54.6 Å². The van der Waals surface area contributed by atoms with E-state index in [2.05, 4.69) is 53.1 Å². The zero-order valence-corrected chi connectivity index (χ0v) is 13.9. The SMILES string of the molecule is Cc1ccccc1N1CCN(C[C@H](O)Cc2ccccc2)CC1. The first-order valence-corrected chi connectivity index (χ1v) is 8.47. The second-order valence-electron chi connectivity index (χ2n) is 6.42. The van der Waals surface area contributed by atoms with Gasteiger partial charge >= 0.3 is 0 Å². The molecule has 0 aliphatic carbocycles. The Morgan fingerprint density at radius 1 is 0.913 bits per heavy atom. The Morgan fingerprint density at radius 2 is 1.57 bits per heavy atom. The number of nitrogens with zero attached hydrogens (tertiary/aromatic N) is 2. The van der Waals surface area contributed by atoms with E-state index in [0.717, 1.165) is 39.1 Å². The van der Waals surface area contributed by atoms with Gasteiger partial charge in [0.1, 0.15) is 0 Å². The van der Waals surface area contributed by atoms with Gasteiger partial charge in [0.05, 0.1) is 6.10 Å². The maximum Gasteiger partial charge on any atom is 0.0707 e. The molecule has 0 bridgehead atoms. The van der Waals surface area contributed by atoms with Gasteiger partial charge in [-0.3, -0.25) is 4.90 Å². The molecule has 3 nitrogen and oxygen atoms in total. The minimum atomic E-state index is -0.289. The van der Waals surface area contributed by atoms with E-state index >= 15 is 0 Å². The molecule has 2 aromatic rings. The molecule has 1 atom stereocenters. The standard InChI is InChI=1S/C20H26N2O/c1-17-7-5-6-10-20(17)22-13-11-21(12-14-22)16-19(23)15-18-8-3-2-4-9-18/h2-10,19,23H,11-16H2,1H3/t19-/m1/s1. The summed E-state index contributed by atoms with van der Waals surface area (Å²) in [7, 11) is 0. The summed E-state index contributed by atoms with van der Waals surface area (Å²) in [6.45, 7) is 7.02. The molecule has 0 spiro atoms. The molecule has 1 N–H and O–H groups in total. The van der Waals surface area contributed by atoms with Gasteiger partial charge in [0.2, 0.25) is 0 Å². The normalized spacial score (nSPS) is 17.2. The summed E-state index contributed by atoms with van der Waals surface area (Å²) in [6, 6.07) is 18.8. The highest BCUT2D eigenvalue weighted by molar-refractivity contribution is 5.53. The lowest BCUT2D eigenvalue weighted by atomic mass is 10.1. The van der Waals surface area contributed by atoms with Crippen LogP contribution in [0.4, 0.5) is 5.69 Å². The van der Waals surface area contributed by atoms with Crippen LogP contribution in [0, 0.1) is 6.92 Å². The van der Waals surface area contributed by atoms with Gasteiger partial charge < -0.3 is 10.0 Å². The third-order valence-electron chi connectivity index (χ3n) is 4.61. The lowest BCUT2D eigenvalue weighted by molar-refractivity contribution is 0.109. The molecule has 1 heterocycles. The lowest BCUT2D eigenvalue weighted by Crippen LogP contribution is -2.49. The number of aliphatic hydroxyl groups is 1. The van der Waals surface area contributed by atoms with Crippen LogP contribution in [0.5, 0.6) is 0 Å². The second kappa shape index (κ2) is 7.62. The van der Waals surface area contributed by atoms with E-state index in [0.29, 0.717) is 0 Å². The van der Waals surface area contributed by atoms with Crippen LogP contribution < -0.4 is 4.90 Å². The molecule has 1 saturated heterocycles. The molecule has 0 aromatic heterocycles. The van der Waals surface area contributed by atoms with Gasteiger partial charge in [-0.25, -0.2) is 0 Å². The van der Waals surface area contributed by atoms with Crippen molar-refractivity contribution in [2.75, 3.05) is 37.6 Å². The van der Waals surface area contributed by atoms with E-state index < -0.39 is 0 Å². The molecule has 0 unspecified atom stereocenters. The Morgan fingerprint density at radius 3 is 2.26 bits per heavy atom. The molecule has 2 aromatic carbocycles. The second-order valence-corrected chi connectivity index (χ2v) is 6.42. The van der Waals surface area contributed by atoms with Crippen LogP contribution in [0.2, 0.25) is 0 Å². The predicted molar refractivity (Wildman–Crippen MR) is 96.0 cm³/mol. The zero-order valence-electron chi connectivity index (χ0n) is 13.9. The number of β-amino-alcohol motifs (C(OH)–C–C–N with tert-alkyl or cyclic N) is 1. The first-order chi connectivity index (χ1) is 11.2. The highest BCUT2D eigenvalue weighted by Gasteiger charge is 2.20. The van der Waals surface area contributed by atoms with Crippen molar-refractivity contribution < 1.29 is 5.11 Å². The summed E-state index contributed by atoms with van der Waals surface area (Å²) in [5, 5.41) is 10.3. The average Bonchev–Trinajstić information content (AvgIpc) is 2.57. The summed E-state index contributed by atoms with van der Waals surface area (Å²) in [4.78, 5) is 4.83. The number of benzene rings is 2. The van der Waals surface area contributed by atoms with Crippen molar-refractivity contribution in [2.45, 2.75) is 19.4 Å². The molecule has 1 aliphatic heterocycles. The Hall–Kier alpha value is -1.84. The van der Waals surface area contributed by atoms with Gasteiger partial charge in [-0.05, 0) is 30.5 Å². The van der Waals surface area contributed by atoms with Crippen LogP contribution in [-0.4, -0.2) is 48.8 Å². The summed E-state index contributed by atoms with van der Waals surface area (Å²) in [6.07, 6.45) is 0.446. The molecule has 0 amide bonds. The quantitative estimate of drug-likeness (QED) is 0.920. The van der Waals surface area contributed by atoms with Crippen LogP contribution >= 0.6 is 0 Å². The van der Waals surface area contributed by atoms with Crippen LogP contribution in [0.1, 0.15) is 11.1 Å². The number of hydrogen-bond donors (Lipinski definition) is 1. The van der Waals surface area contributed by atoms with Gasteiger partial charge in [0.25, 0.3) is 0 Å². The average molecular weight is 310 g/mol. The minimum absolute atomic E-state index is 0.289. The molecular weight excluding hydrogens is 284 g/mol. The Labute approximate surface area is 139 Å². The van der Waals surface area contributed by atoms with Crippen molar-refractivity contribution in [3.05, 3.63) is 65.7 Å². The number of anilines is 1. The van der Waals surface area contributed by atoms with Gasteiger partial charge in [0, 0.05) is 38.4 Å². The third-order valence-corrected chi connectivity index (χ3v) is 4.61. The number of para-hydroxylation sites is 1. The fourth-order valence-corrected chi connectivity index (χ4v) is 3.34. The molecule has 0 radical (unpaired) electrons. The Kier molecular flexibility index (Phi) is 5.31. The lowest BCUT2D eigenvalue weighted by Gasteiger charge is -2.37. The smallest absolute Gasteiger partial charge is 0.0707 e. The fourth-order valence-electron chi connectivity index (χ4n) is 3.34. The van der Waals surface area contributed by atoms with Crippen molar-refractivity contribution in [2.24, 2.45) is 0 Å². The van der Waals surface area contributed by atoms with Gasteiger partial charge in [-0.1, -0.05) is 48.5 Å². The number of aryl methyl sites for hydroxylation is 1. The first kappa shape index (κ1) is 16.0. The van der Waals surface area contributed by atoms with Crippen molar-refractivity contribution in [3.63, 3.8) is 0 Å². The highest BCUT2D eigenvalue weighted by Crippen LogP contribution is 2.20. The summed E-state index contributed by atoms with van der Waals surface area (Å²) < 4.78 is 0. The zero-order chi connectivity index (χ0) is 16.1. The van der Waals surface area contributed by atoms with Crippen LogP contribution in [-0.2, 0) is 6.42 Å². The van der Waals surface area contributed by atoms with Crippen molar-refractivity contribution in [3.8, 4) is 0 Å². The van der Waals surface area contributed by atoms with E-state index in [4.69, 9.17) is 0 Å². The van der Waals surface area contributed by atoms with Gasteiger partial charge in [-0.2, -0.15) is 0 Å². The number of hydrogen-bond acceptors (Lipinski definition) is 3. The van der Waals surface area contributed by atoms with Gasteiger partial charge in [0.15, 0.2) is 0 Å².